The van der Waals surface area contributed by atoms with Gasteiger partial charge in [-0.15, -0.1) is 5.10 Å². The standard InChI is InChI=1S/C18H24ClN5OS/c1-11-6-4-9-16(12(11)2)20-17(25)13(3)26-18-21-22-23-24(18)15-8-5-7-14(19)10-15/h5,7-8,10-13,16H,4,6,9H2,1-3H3,(H,20,25)/t11-,12-,13-,16+/m1/s1. The summed E-state index contributed by atoms with van der Waals surface area (Å²) in [5, 5.41) is 15.9. The molecule has 1 aliphatic carbocycles. The molecule has 1 aromatic carbocycles. The van der Waals surface area contributed by atoms with Gasteiger partial charge in [0, 0.05) is 11.1 Å². The first-order valence-corrected chi connectivity index (χ1v) is 10.2. The molecule has 1 N–H and O–H groups in total. The molecule has 4 atom stereocenters. The highest BCUT2D eigenvalue weighted by molar-refractivity contribution is 8.00. The van der Waals surface area contributed by atoms with Crippen molar-refractivity contribution in [2.45, 2.75) is 56.5 Å². The van der Waals surface area contributed by atoms with Crippen LogP contribution in [0.4, 0.5) is 0 Å². The second-order valence-corrected chi connectivity index (χ2v) is 8.74. The van der Waals surface area contributed by atoms with Gasteiger partial charge in [0.25, 0.3) is 0 Å². The van der Waals surface area contributed by atoms with E-state index in [4.69, 9.17) is 11.6 Å². The van der Waals surface area contributed by atoms with Gasteiger partial charge in [-0.25, -0.2) is 0 Å². The van der Waals surface area contributed by atoms with E-state index in [2.05, 4.69) is 34.7 Å². The number of nitrogens with one attached hydrogen (secondary N) is 1. The van der Waals surface area contributed by atoms with Crippen molar-refractivity contribution in [2.75, 3.05) is 0 Å². The molecule has 0 spiro atoms. The fraction of sp³-hybridized carbons (Fsp3) is 0.556. The second-order valence-electron chi connectivity index (χ2n) is 7.00. The number of tetrazole rings is 1. The smallest absolute Gasteiger partial charge is 0.233 e. The topological polar surface area (TPSA) is 72.7 Å². The summed E-state index contributed by atoms with van der Waals surface area (Å²) in [7, 11) is 0. The summed E-state index contributed by atoms with van der Waals surface area (Å²) >= 11 is 7.40. The van der Waals surface area contributed by atoms with E-state index < -0.39 is 0 Å². The Kier molecular flexibility index (Phi) is 6.19. The van der Waals surface area contributed by atoms with Crippen molar-refractivity contribution >= 4 is 29.3 Å². The fourth-order valence-electron chi connectivity index (χ4n) is 3.32. The van der Waals surface area contributed by atoms with Gasteiger partial charge in [0.05, 0.1) is 10.9 Å². The lowest BCUT2D eigenvalue weighted by Crippen LogP contribution is -2.46. The summed E-state index contributed by atoms with van der Waals surface area (Å²) in [6.45, 7) is 6.38. The molecule has 6 nitrogen and oxygen atoms in total. The van der Waals surface area contributed by atoms with Crippen molar-refractivity contribution in [2.24, 2.45) is 11.8 Å². The molecule has 0 radical (unpaired) electrons. The average molecular weight is 394 g/mol. The van der Waals surface area contributed by atoms with Crippen LogP contribution in [0.1, 0.15) is 40.0 Å². The third kappa shape index (κ3) is 4.38. The molecule has 2 aromatic rings. The molecule has 140 valence electrons. The first kappa shape index (κ1) is 19.2. The van der Waals surface area contributed by atoms with E-state index >= 15 is 0 Å². The lowest BCUT2D eigenvalue weighted by molar-refractivity contribution is -0.121. The Bertz CT molecular complexity index is 768. The van der Waals surface area contributed by atoms with Crippen LogP contribution < -0.4 is 5.32 Å². The fourth-order valence-corrected chi connectivity index (χ4v) is 4.32. The number of amides is 1. The lowest BCUT2D eigenvalue weighted by atomic mass is 9.78. The van der Waals surface area contributed by atoms with E-state index in [1.54, 1.807) is 16.8 Å². The van der Waals surface area contributed by atoms with E-state index in [1.807, 2.05) is 19.1 Å². The predicted octanol–water partition coefficient (Wildman–Crippen LogP) is 3.74. The van der Waals surface area contributed by atoms with Crippen LogP contribution in [0.25, 0.3) is 5.69 Å². The van der Waals surface area contributed by atoms with Gasteiger partial charge in [0.1, 0.15) is 0 Å². The number of hydrogen-bond donors (Lipinski definition) is 1. The van der Waals surface area contributed by atoms with Gasteiger partial charge in [-0.2, -0.15) is 4.68 Å². The molecule has 0 aliphatic heterocycles. The van der Waals surface area contributed by atoms with Crippen LogP contribution in [0.5, 0.6) is 0 Å². The number of hydrogen-bond acceptors (Lipinski definition) is 5. The van der Waals surface area contributed by atoms with E-state index in [-0.39, 0.29) is 17.2 Å². The number of nitrogens with zero attached hydrogens (tertiary/aromatic N) is 4. The number of carbonyl (C=O) groups excluding carboxylic acids is 1. The Hall–Kier alpha value is -1.60. The first-order valence-electron chi connectivity index (χ1n) is 8.97. The van der Waals surface area contributed by atoms with Gasteiger partial charge in [0.2, 0.25) is 11.1 Å². The third-order valence-electron chi connectivity index (χ3n) is 5.18. The predicted molar refractivity (Wildman–Crippen MR) is 104 cm³/mol. The van der Waals surface area contributed by atoms with Crippen molar-refractivity contribution in [1.82, 2.24) is 25.5 Å². The van der Waals surface area contributed by atoms with E-state index in [9.17, 15) is 4.79 Å². The summed E-state index contributed by atoms with van der Waals surface area (Å²) in [4.78, 5) is 12.7. The zero-order valence-corrected chi connectivity index (χ0v) is 16.8. The van der Waals surface area contributed by atoms with E-state index in [0.717, 1.165) is 12.1 Å². The summed E-state index contributed by atoms with van der Waals surface area (Å²) in [5.41, 5.74) is 0.771. The molecule has 0 saturated heterocycles. The van der Waals surface area contributed by atoms with Crippen LogP contribution in [0.3, 0.4) is 0 Å². The van der Waals surface area contributed by atoms with Crippen LogP contribution >= 0.6 is 23.4 Å². The minimum Gasteiger partial charge on any atom is -0.352 e. The van der Waals surface area contributed by atoms with E-state index in [1.165, 1.54) is 24.6 Å². The quantitative estimate of drug-likeness (QED) is 0.783. The molecule has 0 bridgehead atoms. The Balaban J connectivity index is 1.66. The van der Waals surface area contributed by atoms with Crippen LogP contribution in [-0.4, -0.2) is 37.4 Å². The highest BCUT2D eigenvalue weighted by Crippen LogP contribution is 2.30. The third-order valence-corrected chi connectivity index (χ3v) is 6.45. The Labute approximate surface area is 163 Å². The minimum absolute atomic E-state index is 0.0293. The van der Waals surface area contributed by atoms with Gasteiger partial charge in [-0.1, -0.05) is 56.1 Å². The van der Waals surface area contributed by atoms with E-state index in [0.29, 0.717) is 22.0 Å². The summed E-state index contributed by atoms with van der Waals surface area (Å²) in [6.07, 6.45) is 3.46. The molecule has 8 heteroatoms. The van der Waals surface area contributed by atoms with Crippen molar-refractivity contribution in [3.05, 3.63) is 29.3 Å². The maximum atomic E-state index is 12.7. The van der Waals surface area contributed by atoms with Crippen molar-refractivity contribution in [1.29, 1.82) is 0 Å². The molecule has 1 fully saturated rings. The zero-order valence-electron chi connectivity index (χ0n) is 15.2. The maximum Gasteiger partial charge on any atom is 0.233 e. The number of aromatic nitrogens is 4. The number of benzene rings is 1. The average Bonchev–Trinajstić information content (AvgIpc) is 3.07. The number of rotatable bonds is 5. The highest BCUT2D eigenvalue weighted by atomic mass is 35.5. The van der Waals surface area contributed by atoms with Crippen LogP contribution in [0, 0.1) is 11.8 Å². The van der Waals surface area contributed by atoms with Crippen molar-refractivity contribution in [3.8, 4) is 5.69 Å². The largest absolute Gasteiger partial charge is 0.352 e. The van der Waals surface area contributed by atoms with Gasteiger partial charge in [0.15, 0.2) is 0 Å². The molecule has 0 unspecified atom stereocenters. The molecule has 1 aliphatic rings. The number of halogens is 1. The van der Waals surface area contributed by atoms with Crippen molar-refractivity contribution < 1.29 is 4.79 Å². The molecule has 3 rings (SSSR count). The monoisotopic (exact) mass is 393 g/mol. The Morgan fingerprint density at radius 1 is 1.38 bits per heavy atom. The van der Waals surface area contributed by atoms with Gasteiger partial charge in [-0.3, -0.25) is 4.79 Å². The minimum atomic E-state index is -0.289. The molecule has 26 heavy (non-hydrogen) atoms. The molecule has 1 saturated carbocycles. The normalized spacial score (nSPS) is 24.2. The number of thioether (sulfide) groups is 1. The van der Waals surface area contributed by atoms with Gasteiger partial charge >= 0.3 is 0 Å². The SMILES string of the molecule is C[C@@H]1[C@H](C)CCC[C@@H]1NC(=O)[C@@H](C)Sc1nnnn1-c1cccc(Cl)c1. The molecular weight excluding hydrogens is 370 g/mol. The van der Waals surface area contributed by atoms with Gasteiger partial charge < -0.3 is 5.32 Å². The molecule has 1 amide bonds. The maximum absolute atomic E-state index is 12.7. The molecular formula is C18H24ClN5OS. The second kappa shape index (κ2) is 8.39. The molecule has 1 heterocycles. The lowest BCUT2D eigenvalue weighted by Gasteiger charge is -2.35. The first-order chi connectivity index (χ1) is 12.5. The molecule has 1 aromatic heterocycles. The van der Waals surface area contributed by atoms with Crippen LogP contribution in [0.2, 0.25) is 5.02 Å². The zero-order chi connectivity index (χ0) is 18.7. The van der Waals surface area contributed by atoms with Gasteiger partial charge in [-0.05, 0) is 53.8 Å². The van der Waals surface area contributed by atoms with Crippen LogP contribution in [0.15, 0.2) is 29.4 Å². The summed E-state index contributed by atoms with van der Waals surface area (Å²) in [5.74, 6) is 1.18. The van der Waals surface area contributed by atoms with Crippen molar-refractivity contribution in [3.63, 3.8) is 0 Å². The highest BCUT2D eigenvalue weighted by Gasteiger charge is 2.30. The van der Waals surface area contributed by atoms with Crippen LogP contribution in [-0.2, 0) is 4.79 Å². The number of carbonyl (C=O) groups is 1. The Morgan fingerprint density at radius 2 is 2.19 bits per heavy atom. The summed E-state index contributed by atoms with van der Waals surface area (Å²) in [6, 6.07) is 7.55. The Morgan fingerprint density at radius 3 is 2.96 bits per heavy atom. The summed E-state index contributed by atoms with van der Waals surface area (Å²) < 4.78 is 1.60.